The van der Waals surface area contributed by atoms with Crippen molar-refractivity contribution in [2.24, 2.45) is 5.73 Å². The van der Waals surface area contributed by atoms with Gasteiger partial charge in [-0.05, 0) is 37.5 Å². The molecule has 0 saturated carbocycles. The van der Waals surface area contributed by atoms with Crippen molar-refractivity contribution in [1.29, 1.82) is 0 Å². The molecular weight excluding hydrogens is 254 g/mol. The van der Waals surface area contributed by atoms with Crippen molar-refractivity contribution in [3.8, 4) is 5.75 Å². The monoisotopic (exact) mass is 273 g/mol. The summed E-state index contributed by atoms with van der Waals surface area (Å²) in [5.74, 6) is -0.183. The second kappa shape index (κ2) is 7.95. The number of halogens is 1. The topological polar surface area (TPSA) is 72.5 Å². The molecule has 1 aromatic rings. The predicted molar refractivity (Wildman–Crippen MR) is 73.4 cm³/mol. The molecule has 0 saturated heterocycles. The van der Waals surface area contributed by atoms with Gasteiger partial charge in [0, 0.05) is 0 Å². The zero-order chi connectivity index (χ0) is 12.8. The third kappa shape index (κ3) is 5.38. The molecule has 0 aliphatic rings. The van der Waals surface area contributed by atoms with Gasteiger partial charge in [0.2, 0.25) is 0 Å². The smallest absolute Gasteiger partial charge is 0.320 e. The van der Waals surface area contributed by atoms with Crippen LogP contribution in [0.5, 0.6) is 5.75 Å². The molecule has 0 radical (unpaired) electrons. The maximum Gasteiger partial charge on any atom is 0.320 e. The number of hydrogen-bond donors (Lipinski definition) is 2. The first-order chi connectivity index (χ1) is 8.02. The minimum absolute atomic E-state index is 0. The van der Waals surface area contributed by atoms with Crippen molar-refractivity contribution >= 4 is 18.4 Å². The van der Waals surface area contributed by atoms with E-state index in [0.29, 0.717) is 6.42 Å². The molecule has 0 heterocycles. The summed E-state index contributed by atoms with van der Waals surface area (Å²) in [5, 5.41) is 8.70. The molecule has 1 unspecified atom stereocenters. The Balaban J connectivity index is 0.00000289. The van der Waals surface area contributed by atoms with E-state index in [4.69, 9.17) is 15.6 Å². The molecule has 0 aliphatic carbocycles. The van der Waals surface area contributed by atoms with Crippen molar-refractivity contribution in [2.45, 2.75) is 38.8 Å². The lowest BCUT2D eigenvalue weighted by Gasteiger charge is -2.13. The number of hydrogen-bond acceptors (Lipinski definition) is 3. The molecule has 0 amide bonds. The normalized spacial score (nSPS) is 13.3. The number of carboxylic acid groups (broad SMARTS) is 1. The number of rotatable bonds is 6. The van der Waals surface area contributed by atoms with E-state index in [0.717, 1.165) is 17.7 Å². The van der Waals surface area contributed by atoms with Crippen molar-refractivity contribution < 1.29 is 14.6 Å². The lowest BCUT2D eigenvalue weighted by Crippen LogP contribution is -2.32. The Kier molecular flexibility index (Phi) is 7.39. The van der Waals surface area contributed by atoms with Gasteiger partial charge in [-0.1, -0.05) is 19.1 Å². The lowest BCUT2D eigenvalue weighted by molar-refractivity contribution is -0.138. The Bertz CT molecular complexity index is 367. The quantitative estimate of drug-likeness (QED) is 0.834. The van der Waals surface area contributed by atoms with Gasteiger partial charge in [0.05, 0.1) is 6.10 Å². The minimum atomic E-state index is -0.982. The highest BCUT2D eigenvalue weighted by molar-refractivity contribution is 5.85. The minimum Gasteiger partial charge on any atom is -0.491 e. The standard InChI is InChI=1S/C13H19NO3.ClH/c1-3-9(2)17-11-6-4-10(5-7-11)8-12(14)13(15)16;/h4-7,9,12H,3,8,14H2,1-2H3,(H,15,16);1H/t9?,12-;/m0./s1. The van der Waals surface area contributed by atoms with Gasteiger partial charge in [0.1, 0.15) is 11.8 Å². The largest absolute Gasteiger partial charge is 0.491 e. The van der Waals surface area contributed by atoms with E-state index in [9.17, 15) is 4.79 Å². The maximum absolute atomic E-state index is 10.6. The Labute approximate surface area is 114 Å². The van der Waals surface area contributed by atoms with Gasteiger partial charge in [-0.15, -0.1) is 12.4 Å². The second-order valence-corrected chi connectivity index (χ2v) is 4.13. The van der Waals surface area contributed by atoms with Crippen LogP contribution in [0.1, 0.15) is 25.8 Å². The van der Waals surface area contributed by atoms with Crippen molar-refractivity contribution in [1.82, 2.24) is 0 Å². The molecule has 1 rings (SSSR count). The van der Waals surface area contributed by atoms with Crippen LogP contribution in [0.4, 0.5) is 0 Å². The second-order valence-electron chi connectivity index (χ2n) is 4.13. The molecule has 102 valence electrons. The predicted octanol–water partition coefficient (Wildman–Crippen LogP) is 2.24. The number of carboxylic acids is 1. The Morgan fingerprint density at radius 2 is 1.94 bits per heavy atom. The molecule has 0 aromatic heterocycles. The van der Waals surface area contributed by atoms with Crippen molar-refractivity contribution in [2.75, 3.05) is 0 Å². The SMILES string of the molecule is CCC(C)Oc1ccc(C[C@H](N)C(=O)O)cc1.Cl. The molecule has 0 aliphatic heterocycles. The number of nitrogens with two attached hydrogens (primary N) is 1. The van der Waals surface area contributed by atoms with E-state index < -0.39 is 12.0 Å². The van der Waals surface area contributed by atoms with Crippen LogP contribution in [0, 0.1) is 0 Å². The fourth-order valence-electron chi connectivity index (χ4n) is 1.36. The highest BCUT2D eigenvalue weighted by Crippen LogP contribution is 2.15. The van der Waals surface area contributed by atoms with Crippen molar-refractivity contribution in [3.63, 3.8) is 0 Å². The molecule has 0 fully saturated rings. The Morgan fingerprint density at radius 3 is 2.39 bits per heavy atom. The molecule has 1 aromatic carbocycles. The Morgan fingerprint density at radius 1 is 1.39 bits per heavy atom. The van der Waals surface area contributed by atoms with E-state index in [-0.39, 0.29) is 18.5 Å². The van der Waals surface area contributed by atoms with Crippen LogP contribution < -0.4 is 10.5 Å². The Hall–Kier alpha value is -1.26. The number of benzene rings is 1. The van der Waals surface area contributed by atoms with E-state index in [2.05, 4.69) is 6.92 Å². The van der Waals surface area contributed by atoms with E-state index in [1.54, 1.807) is 0 Å². The van der Waals surface area contributed by atoms with E-state index in [1.165, 1.54) is 0 Å². The van der Waals surface area contributed by atoms with Crippen LogP contribution in [0.15, 0.2) is 24.3 Å². The third-order valence-electron chi connectivity index (χ3n) is 2.61. The lowest BCUT2D eigenvalue weighted by atomic mass is 10.1. The molecule has 0 spiro atoms. The van der Waals surface area contributed by atoms with E-state index >= 15 is 0 Å². The summed E-state index contributed by atoms with van der Waals surface area (Å²) in [4.78, 5) is 10.6. The van der Waals surface area contributed by atoms with Gasteiger partial charge in [0.25, 0.3) is 0 Å². The first-order valence-electron chi connectivity index (χ1n) is 5.77. The zero-order valence-corrected chi connectivity index (χ0v) is 11.4. The maximum atomic E-state index is 10.6. The fraction of sp³-hybridized carbons (Fsp3) is 0.462. The summed E-state index contributed by atoms with van der Waals surface area (Å²) in [6.07, 6.45) is 1.46. The van der Waals surface area contributed by atoms with Crippen molar-refractivity contribution in [3.05, 3.63) is 29.8 Å². The first-order valence-corrected chi connectivity index (χ1v) is 5.77. The fourth-order valence-corrected chi connectivity index (χ4v) is 1.36. The summed E-state index contributed by atoms with van der Waals surface area (Å²) >= 11 is 0. The van der Waals surface area contributed by atoms with Gasteiger partial charge < -0.3 is 15.6 Å². The molecule has 0 bridgehead atoms. The third-order valence-corrected chi connectivity index (χ3v) is 2.61. The summed E-state index contributed by atoms with van der Waals surface area (Å²) < 4.78 is 5.62. The number of carbonyl (C=O) groups is 1. The molecule has 18 heavy (non-hydrogen) atoms. The molecule has 4 nitrogen and oxygen atoms in total. The van der Waals surface area contributed by atoms with Gasteiger partial charge in [-0.25, -0.2) is 0 Å². The molecule has 2 atom stereocenters. The van der Waals surface area contributed by atoms with Gasteiger partial charge in [0.15, 0.2) is 0 Å². The average molecular weight is 274 g/mol. The molecule has 3 N–H and O–H groups in total. The summed E-state index contributed by atoms with van der Waals surface area (Å²) in [6, 6.07) is 6.53. The summed E-state index contributed by atoms with van der Waals surface area (Å²) in [7, 11) is 0. The van der Waals surface area contributed by atoms with Crippen LogP contribution in [-0.4, -0.2) is 23.2 Å². The molecule has 5 heteroatoms. The highest BCUT2D eigenvalue weighted by atomic mass is 35.5. The van der Waals surface area contributed by atoms with Crippen LogP contribution in [0.2, 0.25) is 0 Å². The molecular formula is C13H20ClNO3. The van der Waals surface area contributed by atoms with Crippen LogP contribution in [-0.2, 0) is 11.2 Å². The highest BCUT2D eigenvalue weighted by Gasteiger charge is 2.11. The van der Waals surface area contributed by atoms with Gasteiger partial charge in [-0.2, -0.15) is 0 Å². The zero-order valence-electron chi connectivity index (χ0n) is 10.6. The number of ether oxygens (including phenoxy) is 1. The van der Waals surface area contributed by atoms with E-state index in [1.807, 2.05) is 31.2 Å². The van der Waals surface area contributed by atoms with Crippen LogP contribution in [0.3, 0.4) is 0 Å². The van der Waals surface area contributed by atoms with Gasteiger partial charge in [-0.3, -0.25) is 4.79 Å². The summed E-state index contributed by atoms with van der Waals surface area (Å²) in [5.41, 5.74) is 6.36. The average Bonchev–Trinajstić information content (AvgIpc) is 2.31. The van der Waals surface area contributed by atoms with Crippen LogP contribution in [0.25, 0.3) is 0 Å². The summed E-state index contributed by atoms with van der Waals surface area (Å²) in [6.45, 7) is 4.07. The first kappa shape index (κ1) is 16.7. The number of aliphatic carboxylic acids is 1. The van der Waals surface area contributed by atoms with Gasteiger partial charge >= 0.3 is 5.97 Å². The van der Waals surface area contributed by atoms with Crippen LogP contribution >= 0.6 is 12.4 Å².